The van der Waals surface area contributed by atoms with Crippen molar-refractivity contribution in [2.45, 2.75) is 37.0 Å². The van der Waals surface area contributed by atoms with Crippen LogP contribution in [0.2, 0.25) is 0 Å². The van der Waals surface area contributed by atoms with Crippen LogP contribution in [0.3, 0.4) is 0 Å². The average Bonchev–Trinajstić information content (AvgIpc) is 2.90. The minimum atomic E-state index is -0.749. The highest BCUT2D eigenvalue weighted by molar-refractivity contribution is 5.83. The summed E-state index contributed by atoms with van der Waals surface area (Å²) in [5, 5.41) is 9.63. The molecule has 1 atom stereocenters. The van der Waals surface area contributed by atoms with Crippen LogP contribution in [0.5, 0.6) is 5.75 Å². The summed E-state index contributed by atoms with van der Waals surface area (Å²) in [5.41, 5.74) is 1.26. The molecule has 1 heterocycles. The Balaban J connectivity index is 2.02. The van der Waals surface area contributed by atoms with E-state index < -0.39 is 11.4 Å². The van der Waals surface area contributed by atoms with E-state index in [0.717, 1.165) is 31.6 Å². The molecule has 1 aliphatic heterocycles. The number of rotatable bonds is 4. The topological polar surface area (TPSA) is 55.8 Å². The molecule has 1 aromatic carbocycles. The van der Waals surface area contributed by atoms with Crippen molar-refractivity contribution in [2.75, 3.05) is 20.3 Å². The summed E-state index contributed by atoms with van der Waals surface area (Å²) in [7, 11) is 1.60. The van der Waals surface area contributed by atoms with E-state index in [-0.39, 0.29) is 0 Å². The molecule has 2 fully saturated rings. The van der Waals surface area contributed by atoms with Gasteiger partial charge in [-0.1, -0.05) is 18.6 Å². The number of aliphatic carboxylic acids is 1. The number of hydrogen-bond donors (Lipinski definition) is 1. The van der Waals surface area contributed by atoms with Crippen LogP contribution in [-0.2, 0) is 14.9 Å². The molecule has 3 rings (SSSR count). The van der Waals surface area contributed by atoms with Crippen LogP contribution in [-0.4, -0.2) is 31.4 Å². The number of hydrogen-bond acceptors (Lipinski definition) is 3. The third-order valence-corrected chi connectivity index (χ3v) is 4.76. The summed E-state index contributed by atoms with van der Waals surface area (Å²) >= 11 is 0. The summed E-state index contributed by atoms with van der Waals surface area (Å²) in [6.45, 7) is 1.52. The highest BCUT2D eigenvalue weighted by atomic mass is 16.5. The van der Waals surface area contributed by atoms with Crippen LogP contribution in [0.1, 0.15) is 42.7 Å². The van der Waals surface area contributed by atoms with E-state index in [9.17, 15) is 9.90 Å². The second-order valence-corrected chi connectivity index (χ2v) is 5.76. The Morgan fingerprint density at radius 3 is 2.75 bits per heavy atom. The van der Waals surface area contributed by atoms with Gasteiger partial charge in [0.05, 0.1) is 19.1 Å². The number of methoxy groups -OCH3 is 1. The number of carbonyl (C=O) groups is 1. The van der Waals surface area contributed by atoms with E-state index >= 15 is 0 Å². The first-order chi connectivity index (χ1) is 9.67. The molecule has 20 heavy (non-hydrogen) atoms. The molecule has 4 heteroatoms. The largest absolute Gasteiger partial charge is 0.496 e. The first-order valence-electron chi connectivity index (χ1n) is 7.17. The standard InChI is InChI=1S/C16H20O4/c1-19-14-4-3-11(12-5-8-20-10-12)9-13(14)16(15(17)18)6-2-7-16/h3-4,9,12H,2,5-8,10H2,1H3,(H,17,18). The SMILES string of the molecule is COc1ccc(C2CCOC2)cc1C1(C(=O)O)CCC1. The quantitative estimate of drug-likeness (QED) is 0.918. The van der Waals surface area contributed by atoms with Crippen molar-refractivity contribution in [1.82, 2.24) is 0 Å². The molecule has 4 nitrogen and oxygen atoms in total. The van der Waals surface area contributed by atoms with Gasteiger partial charge >= 0.3 is 5.97 Å². The molecule has 0 radical (unpaired) electrons. The molecule has 0 aromatic heterocycles. The normalized spacial score (nSPS) is 24.1. The molecule has 0 bridgehead atoms. The zero-order valence-corrected chi connectivity index (χ0v) is 11.7. The number of ether oxygens (including phenoxy) is 2. The van der Waals surface area contributed by atoms with E-state index in [2.05, 4.69) is 0 Å². The third kappa shape index (κ3) is 1.99. The van der Waals surface area contributed by atoms with Gasteiger partial charge in [0, 0.05) is 18.1 Å². The van der Waals surface area contributed by atoms with Crippen molar-refractivity contribution in [3.8, 4) is 5.75 Å². The lowest BCUT2D eigenvalue weighted by atomic mass is 9.64. The Bertz CT molecular complexity index is 513. The fourth-order valence-electron chi connectivity index (χ4n) is 3.28. The maximum Gasteiger partial charge on any atom is 0.314 e. The van der Waals surface area contributed by atoms with Crippen LogP contribution in [0, 0.1) is 0 Å². The van der Waals surface area contributed by atoms with Crippen molar-refractivity contribution >= 4 is 5.97 Å². The average molecular weight is 276 g/mol. The summed E-state index contributed by atoms with van der Waals surface area (Å²) in [6, 6.07) is 5.98. The molecule has 1 aromatic rings. The molecule has 2 aliphatic rings. The molecule has 108 valence electrons. The van der Waals surface area contributed by atoms with Gasteiger partial charge in [-0.15, -0.1) is 0 Å². The summed E-state index contributed by atoms with van der Waals surface area (Å²) in [5.74, 6) is 0.335. The van der Waals surface area contributed by atoms with Gasteiger partial charge in [0.2, 0.25) is 0 Å². The third-order valence-electron chi connectivity index (χ3n) is 4.76. The number of carboxylic acid groups (broad SMARTS) is 1. The van der Waals surface area contributed by atoms with E-state index in [0.29, 0.717) is 24.5 Å². The first-order valence-corrected chi connectivity index (χ1v) is 7.17. The predicted molar refractivity (Wildman–Crippen MR) is 74.3 cm³/mol. The Morgan fingerprint density at radius 2 is 2.25 bits per heavy atom. The summed E-state index contributed by atoms with van der Waals surface area (Å²) in [6.07, 6.45) is 3.37. The Kier molecular flexibility index (Phi) is 3.42. The predicted octanol–water partition coefficient (Wildman–Crippen LogP) is 2.71. The van der Waals surface area contributed by atoms with Gasteiger partial charge in [-0.05, 0) is 30.9 Å². The lowest BCUT2D eigenvalue weighted by molar-refractivity contribution is -0.147. The molecule has 1 aliphatic carbocycles. The van der Waals surface area contributed by atoms with Crippen LogP contribution in [0.15, 0.2) is 18.2 Å². The minimum Gasteiger partial charge on any atom is -0.496 e. The lowest BCUT2D eigenvalue weighted by Crippen LogP contribution is -2.42. The van der Waals surface area contributed by atoms with Crippen molar-refractivity contribution in [3.05, 3.63) is 29.3 Å². The second-order valence-electron chi connectivity index (χ2n) is 5.76. The van der Waals surface area contributed by atoms with Crippen LogP contribution >= 0.6 is 0 Å². The molecular formula is C16H20O4. The minimum absolute atomic E-state index is 0.380. The summed E-state index contributed by atoms with van der Waals surface area (Å²) in [4.78, 5) is 11.7. The first kappa shape index (κ1) is 13.4. The highest BCUT2D eigenvalue weighted by Gasteiger charge is 2.47. The van der Waals surface area contributed by atoms with E-state index in [1.807, 2.05) is 18.2 Å². The van der Waals surface area contributed by atoms with Crippen molar-refractivity contribution in [3.63, 3.8) is 0 Å². The lowest BCUT2D eigenvalue weighted by Gasteiger charge is -2.39. The Hall–Kier alpha value is -1.55. The van der Waals surface area contributed by atoms with Gasteiger partial charge in [0.1, 0.15) is 5.75 Å². The fraction of sp³-hybridized carbons (Fsp3) is 0.562. The van der Waals surface area contributed by atoms with Gasteiger partial charge in [0.25, 0.3) is 0 Å². The second kappa shape index (κ2) is 5.09. The number of carboxylic acids is 1. The van der Waals surface area contributed by atoms with Crippen LogP contribution in [0.4, 0.5) is 0 Å². The van der Waals surface area contributed by atoms with Gasteiger partial charge in [-0.25, -0.2) is 0 Å². The van der Waals surface area contributed by atoms with E-state index in [1.165, 1.54) is 5.56 Å². The summed E-state index contributed by atoms with van der Waals surface area (Å²) < 4.78 is 10.8. The highest BCUT2D eigenvalue weighted by Crippen LogP contribution is 2.48. The van der Waals surface area contributed by atoms with E-state index in [1.54, 1.807) is 7.11 Å². The van der Waals surface area contributed by atoms with Gasteiger partial charge in [0.15, 0.2) is 0 Å². The zero-order valence-electron chi connectivity index (χ0n) is 11.7. The van der Waals surface area contributed by atoms with Crippen LogP contribution in [0.25, 0.3) is 0 Å². The molecule has 1 saturated heterocycles. The Labute approximate surface area is 118 Å². The number of benzene rings is 1. The molecule has 1 saturated carbocycles. The maximum absolute atomic E-state index is 11.7. The van der Waals surface area contributed by atoms with Crippen molar-refractivity contribution in [1.29, 1.82) is 0 Å². The van der Waals surface area contributed by atoms with Gasteiger partial charge < -0.3 is 14.6 Å². The molecular weight excluding hydrogens is 256 g/mol. The fourth-order valence-corrected chi connectivity index (χ4v) is 3.28. The van der Waals surface area contributed by atoms with Crippen LogP contribution < -0.4 is 4.74 Å². The monoisotopic (exact) mass is 276 g/mol. The van der Waals surface area contributed by atoms with Crippen molar-refractivity contribution < 1.29 is 19.4 Å². The van der Waals surface area contributed by atoms with E-state index in [4.69, 9.17) is 9.47 Å². The molecule has 0 amide bonds. The van der Waals surface area contributed by atoms with Crippen molar-refractivity contribution in [2.24, 2.45) is 0 Å². The van der Waals surface area contributed by atoms with Gasteiger partial charge in [-0.2, -0.15) is 0 Å². The molecule has 0 spiro atoms. The Morgan fingerprint density at radius 1 is 1.45 bits per heavy atom. The smallest absolute Gasteiger partial charge is 0.314 e. The van der Waals surface area contributed by atoms with Gasteiger partial charge in [-0.3, -0.25) is 4.79 Å². The molecule has 1 N–H and O–H groups in total. The zero-order chi connectivity index (χ0) is 14.2. The molecule has 1 unspecified atom stereocenters. The maximum atomic E-state index is 11.7.